The van der Waals surface area contributed by atoms with Crippen molar-refractivity contribution in [2.75, 3.05) is 33.3 Å². The zero-order valence-electron chi connectivity index (χ0n) is 24.0. The Hall–Kier alpha value is -3.56. The number of carbonyl (C=O) groups excluding carboxylic acids is 2. The highest BCUT2D eigenvalue weighted by Gasteiger charge is 2.49. The van der Waals surface area contributed by atoms with Crippen molar-refractivity contribution in [3.8, 4) is 16.9 Å². The van der Waals surface area contributed by atoms with Crippen molar-refractivity contribution in [3.63, 3.8) is 0 Å². The number of amides is 2. The van der Waals surface area contributed by atoms with Crippen molar-refractivity contribution >= 4 is 23.4 Å². The third kappa shape index (κ3) is 6.68. The Kier molecular flexibility index (Phi) is 9.32. The summed E-state index contributed by atoms with van der Waals surface area (Å²) in [6.07, 6.45) is -1.07. The van der Waals surface area contributed by atoms with Crippen LogP contribution in [0.5, 0.6) is 5.75 Å². The number of hydrogen-bond donors (Lipinski definition) is 2. The van der Waals surface area contributed by atoms with E-state index in [-0.39, 0.29) is 11.9 Å². The summed E-state index contributed by atoms with van der Waals surface area (Å²) in [5.74, 6) is -0.365. The number of likely N-dealkylation sites (tertiary alicyclic amines) is 1. The maximum Gasteiger partial charge on any atom is 0.405 e. The number of rotatable bonds is 10. The first-order valence-corrected chi connectivity index (χ1v) is 14.9. The van der Waals surface area contributed by atoms with Crippen molar-refractivity contribution in [1.82, 2.24) is 15.5 Å². The van der Waals surface area contributed by atoms with Crippen molar-refractivity contribution in [2.24, 2.45) is 0 Å². The first-order valence-electron chi connectivity index (χ1n) is 14.5. The van der Waals surface area contributed by atoms with E-state index >= 15 is 0 Å². The van der Waals surface area contributed by atoms with Crippen molar-refractivity contribution in [2.45, 2.75) is 49.7 Å². The molecule has 10 heteroatoms. The molecule has 2 aliphatic rings. The van der Waals surface area contributed by atoms with Gasteiger partial charge in [-0.05, 0) is 72.7 Å². The highest BCUT2D eigenvalue weighted by Crippen LogP contribution is 2.51. The molecular weight excluding hydrogens is 579 g/mol. The van der Waals surface area contributed by atoms with Gasteiger partial charge in [0.2, 0.25) is 5.91 Å². The molecule has 0 bridgehead atoms. The van der Waals surface area contributed by atoms with Crippen LogP contribution in [-0.4, -0.2) is 62.2 Å². The number of hydrogen-bond acceptors (Lipinski definition) is 4. The van der Waals surface area contributed by atoms with Crippen molar-refractivity contribution in [1.29, 1.82) is 0 Å². The van der Waals surface area contributed by atoms with Gasteiger partial charge in [-0.25, -0.2) is 0 Å². The molecule has 228 valence electrons. The lowest BCUT2D eigenvalue weighted by molar-refractivity contribution is -0.141. The summed E-state index contributed by atoms with van der Waals surface area (Å²) in [6, 6.07) is 20.0. The molecule has 1 fully saturated rings. The van der Waals surface area contributed by atoms with Gasteiger partial charge < -0.3 is 20.3 Å². The summed E-state index contributed by atoms with van der Waals surface area (Å²) in [5, 5.41) is 5.75. The number of nitrogens with zero attached hydrogens (tertiary/aromatic N) is 1. The molecule has 0 saturated carbocycles. The Bertz CT molecular complexity index is 1430. The third-order valence-electron chi connectivity index (χ3n) is 8.51. The van der Waals surface area contributed by atoms with Gasteiger partial charge in [0.05, 0.1) is 12.7 Å². The van der Waals surface area contributed by atoms with E-state index in [0.29, 0.717) is 29.2 Å². The standard InChI is InChI=1S/C33H35ClF3N3O3/c1-43-29-13-12-22(34)20-26(29)30(41)39-23-14-18-40(19-15-23)17-7-6-16-32(31(42)38-21-33(35,36)37)27-10-4-2-8-24(27)25-9-3-5-11-28(25)32/h2-5,8-13,20,23H,6-7,14-19,21H2,1H3,(H,38,42)(H,39,41). The molecule has 0 spiro atoms. The maximum absolute atomic E-state index is 13.6. The first kappa shape index (κ1) is 30.9. The number of piperidine rings is 1. The van der Waals surface area contributed by atoms with Crippen LogP contribution < -0.4 is 15.4 Å². The highest BCUT2D eigenvalue weighted by atomic mass is 35.5. The van der Waals surface area contributed by atoms with Gasteiger partial charge in [-0.2, -0.15) is 13.2 Å². The molecule has 0 radical (unpaired) electrons. The van der Waals surface area contributed by atoms with Crippen molar-refractivity contribution < 1.29 is 27.5 Å². The second-order valence-corrected chi connectivity index (χ2v) is 11.6. The molecule has 43 heavy (non-hydrogen) atoms. The summed E-state index contributed by atoms with van der Waals surface area (Å²) in [5.41, 5.74) is 2.50. The van der Waals surface area contributed by atoms with E-state index in [4.69, 9.17) is 16.3 Å². The number of benzene rings is 3. The summed E-state index contributed by atoms with van der Waals surface area (Å²) < 4.78 is 44.6. The van der Waals surface area contributed by atoms with E-state index in [2.05, 4.69) is 15.5 Å². The molecule has 0 unspecified atom stereocenters. The van der Waals surface area contributed by atoms with E-state index in [0.717, 1.165) is 61.2 Å². The van der Waals surface area contributed by atoms with E-state index < -0.39 is 24.0 Å². The average molecular weight is 614 g/mol. The largest absolute Gasteiger partial charge is 0.496 e. The van der Waals surface area contributed by atoms with Crippen LogP contribution >= 0.6 is 11.6 Å². The Morgan fingerprint density at radius 2 is 1.60 bits per heavy atom. The first-order chi connectivity index (χ1) is 20.6. The molecule has 3 aromatic carbocycles. The number of fused-ring (bicyclic) bond motifs is 3. The number of nitrogens with one attached hydrogen (secondary N) is 2. The molecule has 1 aliphatic heterocycles. The molecule has 2 amide bonds. The summed E-state index contributed by atoms with van der Waals surface area (Å²) in [7, 11) is 1.51. The minimum Gasteiger partial charge on any atom is -0.496 e. The van der Waals surface area contributed by atoms with E-state index in [1.54, 1.807) is 18.2 Å². The lowest BCUT2D eigenvalue weighted by Crippen LogP contribution is -2.47. The molecule has 6 nitrogen and oxygen atoms in total. The Morgan fingerprint density at radius 3 is 2.21 bits per heavy atom. The van der Waals surface area contributed by atoms with Gasteiger partial charge in [-0.15, -0.1) is 0 Å². The topological polar surface area (TPSA) is 70.7 Å². The second kappa shape index (κ2) is 13.0. The predicted molar refractivity (Wildman–Crippen MR) is 161 cm³/mol. The molecule has 1 saturated heterocycles. The smallest absolute Gasteiger partial charge is 0.405 e. The minimum atomic E-state index is -4.50. The van der Waals surface area contributed by atoms with E-state index in [1.807, 2.05) is 48.5 Å². The molecule has 1 aliphatic carbocycles. The molecule has 5 rings (SSSR count). The fourth-order valence-corrected chi connectivity index (χ4v) is 6.60. The van der Waals surface area contributed by atoms with Gasteiger partial charge in [0.15, 0.2) is 0 Å². The Labute approximate surface area is 254 Å². The van der Waals surface area contributed by atoms with Crippen LogP contribution in [0.15, 0.2) is 66.7 Å². The molecule has 3 aromatic rings. The number of unbranched alkanes of at least 4 members (excludes halogenated alkanes) is 1. The molecular formula is C33H35ClF3N3O3. The van der Waals surface area contributed by atoms with Crippen LogP contribution in [-0.2, 0) is 10.2 Å². The molecule has 2 N–H and O–H groups in total. The zero-order valence-corrected chi connectivity index (χ0v) is 24.7. The van der Waals surface area contributed by atoms with E-state index in [9.17, 15) is 22.8 Å². The quantitative estimate of drug-likeness (QED) is 0.261. The number of alkyl halides is 3. The minimum absolute atomic E-state index is 0.0273. The van der Waals surface area contributed by atoms with Crippen LogP contribution in [0.2, 0.25) is 5.02 Å². The van der Waals surface area contributed by atoms with Gasteiger partial charge >= 0.3 is 6.18 Å². The highest BCUT2D eigenvalue weighted by molar-refractivity contribution is 6.31. The number of methoxy groups -OCH3 is 1. The number of ether oxygens (including phenoxy) is 1. The van der Waals surface area contributed by atoms with Crippen LogP contribution in [0.3, 0.4) is 0 Å². The summed E-state index contributed by atoms with van der Waals surface area (Å²) >= 11 is 6.08. The lowest BCUT2D eigenvalue weighted by Gasteiger charge is -2.33. The Morgan fingerprint density at radius 1 is 0.977 bits per heavy atom. The maximum atomic E-state index is 13.6. The van der Waals surface area contributed by atoms with Crippen LogP contribution in [0, 0.1) is 0 Å². The lowest BCUT2D eigenvalue weighted by atomic mass is 9.73. The molecule has 0 aromatic heterocycles. The fourth-order valence-electron chi connectivity index (χ4n) is 6.43. The summed E-state index contributed by atoms with van der Waals surface area (Å²) in [6.45, 7) is 1.04. The zero-order chi connectivity index (χ0) is 30.6. The van der Waals surface area contributed by atoms with Gasteiger partial charge in [0, 0.05) is 24.2 Å². The Balaban J connectivity index is 1.20. The van der Waals surface area contributed by atoms with Crippen LogP contribution in [0.4, 0.5) is 13.2 Å². The second-order valence-electron chi connectivity index (χ2n) is 11.2. The normalized spacial score (nSPS) is 16.3. The number of halogens is 4. The average Bonchev–Trinajstić information content (AvgIpc) is 3.29. The van der Waals surface area contributed by atoms with Crippen molar-refractivity contribution in [3.05, 3.63) is 88.4 Å². The summed E-state index contributed by atoms with van der Waals surface area (Å²) in [4.78, 5) is 28.8. The third-order valence-corrected chi connectivity index (χ3v) is 8.74. The number of carbonyl (C=O) groups is 2. The molecule has 0 atom stereocenters. The monoisotopic (exact) mass is 613 g/mol. The van der Waals surface area contributed by atoms with Gasteiger partial charge in [0.1, 0.15) is 17.7 Å². The fraction of sp³-hybridized carbons (Fsp3) is 0.394. The van der Waals surface area contributed by atoms with Gasteiger partial charge in [-0.1, -0.05) is 66.6 Å². The van der Waals surface area contributed by atoms with Gasteiger partial charge in [-0.3, -0.25) is 9.59 Å². The molecule has 1 heterocycles. The van der Waals surface area contributed by atoms with Crippen LogP contribution in [0.25, 0.3) is 11.1 Å². The van der Waals surface area contributed by atoms with Gasteiger partial charge in [0.25, 0.3) is 5.91 Å². The SMILES string of the molecule is COc1ccc(Cl)cc1C(=O)NC1CCN(CCCCC2(C(=O)NCC(F)(F)F)c3ccccc3-c3ccccc32)CC1. The predicted octanol–water partition coefficient (Wildman–Crippen LogP) is 6.36. The van der Waals surface area contributed by atoms with Crippen LogP contribution in [0.1, 0.15) is 53.6 Å². The van der Waals surface area contributed by atoms with E-state index in [1.165, 1.54) is 7.11 Å².